The zero-order valence-electron chi connectivity index (χ0n) is 12.3. The monoisotopic (exact) mass is 249 g/mol. The zero-order chi connectivity index (χ0) is 13.4. The summed E-state index contributed by atoms with van der Waals surface area (Å²) >= 11 is 0. The lowest BCUT2D eigenvalue weighted by Gasteiger charge is -2.19. The van der Waals surface area contributed by atoms with Gasteiger partial charge in [0, 0.05) is 6.04 Å². The quantitative estimate of drug-likeness (QED) is 0.758. The molecule has 0 heterocycles. The first-order valence-electron chi connectivity index (χ1n) is 7.08. The highest BCUT2D eigenvalue weighted by Crippen LogP contribution is 2.22. The minimum absolute atomic E-state index is 0.561. The van der Waals surface area contributed by atoms with Gasteiger partial charge >= 0.3 is 0 Å². The van der Waals surface area contributed by atoms with Gasteiger partial charge in [-0.15, -0.1) is 0 Å². The molecular weight excluding hydrogens is 222 g/mol. The molecule has 1 aromatic rings. The van der Waals surface area contributed by atoms with Gasteiger partial charge in [0.05, 0.1) is 7.11 Å². The molecule has 0 amide bonds. The van der Waals surface area contributed by atoms with E-state index in [1.165, 1.54) is 30.4 Å². The lowest BCUT2D eigenvalue weighted by Crippen LogP contribution is -2.31. The average molecular weight is 249 g/mol. The summed E-state index contributed by atoms with van der Waals surface area (Å²) in [6, 6.07) is 6.99. The lowest BCUT2D eigenvalue weighted by molar-refractivity contribution is 0.401. The average Bonchev–Trinajstić information content (AvgIpc) is 2.36. The van der Waals surface area contributed by atoms with Crippen LogP contribution in [0, 0.1) is 6.92 Å². The first-order chi connectivity index (χ1) is 8.71. The van der Waals surface area contributed by atoms with E-state index in [2.05, 4.69) is 44.3 Å². The molecule has 0 aliphatic carbocycles. The molecule has 1 aromatic carbocycles. The summed E-state index contributed by atoms with van der Waals surface area (Å²) in [4.78, 5) is 0. The van der Waals surface area contributed by atoms with Crippen LogP contribution in [0.2, 0.25) is 0 Å². The summed E-state index contributed by atoms with van der Waals surface area (Å²) in [6.07, 6.45) is 4.68. The Bertz CT molecular complexity index is 349. The number of hydrogen-bond acceptors (Lipinski definition) is 2. The van der Waals surface area contributed by atoms with Crippen LogP contribution in [0.4, 0.5) is 0 Å². The summed E-state index contributed by atoms with van der Waals surface area (Å²) in [5.74, 6) is 1.01. The molecule has 0 aliphatic heterocycles. The Kier molecular flexibility index (Phi) is 6.81. The van der Waals surface area contributed by atoms with Gasteiger partial charge in [0.1, 0.15) is 5.75 Å². The van der Waals surface area contributed by atoms with Crippen molar-refractivity contribution < 1.29 is 4.74 Å². The Morgan fingerprint density at radius 3 is 2.61 bits per heavy atom. The van der Waals surface area contributed by atoms with Crippen molar-refractivity contribution in [2.75, 3.05) is 13.7 Å². The fourth-order valence-electron chi connectivity index (χ4n) is 2.31. The third-order valence-electron chi connectivity index (χ3n) is 3.22. The molecule has 18 heavy (non-hydrogen) atoms. The van der Waals surface area contributed by atoms with Crippen LogP contribution in [0.25, 0.3) is 0 Å². The topological polar surface area (TPSA) is 21.3 Å². The lowest BCUT2D eigenvalue weighted by atomic mass is 9.99. The van der Waals surface area contributed by atoms with E-state index in [-0.39, 0.29) is 0 Å². The van der Waals surface area contributed by atoms with Gasteiger partial charge in [-0.25, -0.2) is 0 Å². The van der Waals surface area contributed by atoms with Gasteiger partial charge in [0.2, 0.25) is 0 Å². The summed E-state index contributed by atoms with van der Waals surface area (Å²) in [7, 11) is 1.75. The smallest absolute Gasteiger partial charge is 0.122 e. The maximum atomic E-state index is 5.46. The van der Waals surface area contributed by atoms with Gasteiger partial charge in [0.15, 0.2) is 0 Å². The third-order valence-corrected chi connectivity index (χ3v) is 3.22. The molecular formula is C16H27NO. The van der Waals surface area contributed by atoms with Crippen LogP contribution in [0.5, 0.6) is 5.75 Å². The van der Waals surface area contributed by atoms with Gasteiger partial charge in [-0.2, -0.15) is 0 Å². The van der Waals surface area contributed by atoms with Crippen LogP contribution in [0.3, 0.4) is 0 Å². The van der Waals surface area contributed by atoms with E-state index >= 15 is 0 Å². The van der Waals surface area contributed by atoms with Crippen LogP contribution >= 0.6 is 0 Å². The highest BCUT2D eigenvalue weighted by molar-refractivity contribution is 5.37. The van der Waals surface area contributed by atoms with Crippen molar-refractivity contribution in [3.63, 3.8) is 0 Å². The predicted octanol–water partition coefficient (Wildman–Crippen LogP) is 3.71. The molecule has 2 heteroatoms. The molecule has 1 atom stereocenters. The first-order valence-corrected chi connectivity index (χ1v) is 7.08. The Morgan fingerprint density at radius 1 is 1.22 bits per heavy atom. The number of hydrogen-bond donors (Lipinski definition) is 1. The summed E-state index contributed by atoms with van der Waals surface area (Å²) in [5.41, 5.74) is 2.62. The van der Waals surface area contributed by atoms with Gasteiger partial charge in [-0.1, -0.05) is 38.0 Å². The second-order valence-corrected chi connectivity index (χ2v) is 4.96. The number of nitrogens with one attached hydrogen (secondary N) is 1. The van der Waals surface area contributed by atoms with Crippen molar-refractivity contribution in [3.05, 3.63) is 29.3 Å². The maximum Gasteiger partial charge on any atom is 0.122 e. The molecule has 0 aliphatic rings. The van der Waals surface area contributed by atoms with E-state index in [1.807, 2.05) is 0 Å². The fraction of sp³-hybridized carbons (Fsp3) is 0.625. The van der Waals surface area contributed by atoms with Gasteiger partial charge in [-0.05, 0) is 44.4 Å². The molecule has 0 aromatic heterocycles. The standard InChI is InChI=1S/C16H27NO/c1-5-7-15(17-10-6-2)12-14-11-13(3)8-9-16(14)18-4/h8-9,11,15,17H,5-7,10,12H2,1-4H3. The Hall–Kier alpha value is -1.02. The maximum absolute atomic E-state index is 5.46. The zero-order valence-corrected chi connectivity index (χ0v) is 12.3. The van der Waals surface area contributed by atoms with E-state index in [9.17, 15) is 0 Å². The number of rotatable bonds is 8. The number of benzene rings is 1. The molecule has 0 bridgehead atoms. The highest BCUT2D eigenvalue weighted by atomic mass is 16.5. The molecule has 0 fully saturated rings. The molecule has 102 valence electrons. The minimum Gasteiger partial charge on any atom is -0.496 e. The van der Waals surface area contributed by atoms with Crippen LogP contribution < -0.4 is 10.1 Å². The normalized spacial score (nSPS) is 12.4. The van der Waals surface area contributed by atoms with Crippen LogP contribution in [0.1, 0.15) is 44.2 Å². The van der Waals surface area contributed by atoms with E-state index in [1.54, 1.807) is 7.11 Å². The van der Waals surface area contributed by atoms with Crippen molar-refractivity contribution in [2.24, 2.45) is 0 Å². The molecule has 1 unspecified atom stereocenters. The molecule has 0 radical (unpaired) electrons. The molecule has 2 nitrogen and oxygen atoms in total. The molecule has 1 rings (SSSR count). The van der Waals surface area contributed by atoms with Crippen molar-refractivity contribution in [1.29, 1.82) is 0 Å². The summed E-state index contributed by atoms with van der Waals surface area (Å²) in [6.45, 7) is 7.69. The second-order valence-electron chi connectivity index (χ2n) is 4.96. The predicted molar refractivity (Wildman–Crippen MR) is 78.4 cm³/mol. The largest absolute Gasteiger partial charge is 0.496 e. The van der Waals surface area contributed by atoms with Crippen LogP contribution in [-0.4, -0.2) is 19.7 Å². The Morgan fingerprint density at radius 2 is 2.00 bits per heavy atom. The van der Waals surface area contributed by atoms with E-state index in [0.717, 1.165) is 18.7 Å². The molecule has 0 saturated carbocycles. The number of aryl methyl sites for hydroxylation is 1. The van der Waals surface area contributed by atoms with Gasteiger partial charge in [-0.3, -0.25) is 0 Å². The minimum atomic E-state index is 0.561. The molecule has 0 spiro atoms. The van der Waals surface area contributed by atoms with Crippen molar-refractivity contribution in [1.82, 2.24) is 5.32 Å². The van der Waals surface area contributed by atoms with E-state index < -0.39 is 0 Å². The van der Waals surface area contributed by atoms with Crippen molar-refractivity contribution in [2.45, 2.75) is 52.5 Å². The second kappa shape index (κ2) is 8.15. The Labute approximate surface area is 112 Å². The van der Waals surface area contributed by atoms with Crippen molar-refractivity contribution >= 4 is 0 Å². The third kappa shape index (κ3) is 4.69. The van der Waals surface area contributed by atoms with Gasteiger partial charge < -0.3 is 10.1 Å². The highest BCUT2D eigenvalue weighted by Gasteiger charge is 2.11. The SMILES string of the molecule is CCCNC(CCC)Cc1cc(C)ccc1OC. The van der Waals surface area contributed by atoms with Gasteiger partial charge in [0.25, 0.3) is 0 Å². The number of ether oxygens (including phenoxy) is 1. The first kappa shape index (κ1) is 15.0. The Balaban J connectivity index is 2.74. The van der Waals surface area contributed by atoms with E-state index in [4.69, 9.17) is 4.74 Å². The van der Waals surface area contributed by atoms with E-state index in [0.29, 0.717) is 6.04 Å². The summed E-state index contributed by atoms with van der Waals surface area (Å²) in [5, 5.41) is 3.63. The molecule has 0 saturated heterocycles. The van der Waals surface area contributed by atoms with Crippen molar-refractivity contribution in [3.8, 4) is 5.75 Å². The fourth-order valence-corrected chi connectivity index (χ4v) is 2.31. The number of methoxy groups -OCH3 is 1. The summed E-state index contributed by atoms with van der Waals surface area (Å²) < 4.78 is 5.46. The molecule has 1 N–H and O–H groups in total. The van der Waals surface area contributed by atoms with Crippen LogP contribution in [0.15, 0.2) is 18.2 Å². The van der Waals surface area contributed by atoms with Crippen LogP contribution in [-0.2, 0) is 6.42 Å².